The Balaban J connectivity index is 2.12. The van der Waals surface area contributed by atoms with Crippen molar-refractivity contribution in [2.24, 2.45) is 5.92 Å². The highest BCUT2D eigenvalue weighted by atomic mass is 79.9. The molecule has 0 N–H and O–H groups in total. The third kappa shape index (κ3) is 3.07. The highest BCUT2D eigenvalue weighted by molar-refractivity contribution is 9.10. The normalized spacial score (nSPS) is 15.9. The molecule has 2 rings (SSSR count). The Bertz CT molecular complexity index is 517. The lowest BCUT2D eigenvalue weighted by Gasteiger charge is -2.33. The molecule has 4 nitrogen and oxygen atoms in total. The van der Waals surface area contributed by atoms with Gasteiger partial charge in [-0.1, -0.05) is 15.9 Å². The predicted molar refractivity (Wildman–Crippen MR) is 75.8 cm³/mol. The molecule has 0 aromatic heterocycles. The number of benzene rings is 1. The van der Waals surface area contributed by atoms with Crippen LogP contribution in [0.3, 0.4) is 0 Å². The van der Waals surface area contributed by atoms with E-state index in [0.717, 1.165) is 36.1 Å². The molecule has 0 amide bonds. The number of piperidine rings is 1. The minimum absolute atomic E-state index is 0.0149. The van der Waals surface area contributed by atoms with E-state index >= 15 is 0 Å². The summed E-state index contributed by atoms with van der Waals surface area (Å²) in [6.45, 7) is 1.54. The lowest BCUT2D eigenvalue weighted by molar-refractivity contribution is -0.146. The summed E-state index contributed by atoms with van der Waals surface area (Å²) in [5.74, 6) is -0.145. The fourth-order valence-corrected chi connectivity index (χ4v) is 2.73. The van der Waals surface area contributed by atoms with Gasteiger partial charge in [0, 0.05) is 17.6 Å². The van der Waals surface area contributed by atoms with Crippen molar-refractivity contribution in [2.75, 3.05) is 25.1 Å². The second-order valence-electron chi connectivity index (χ2n) is 4.56. The topological polar surface area (TPSA) is 53.3 Å². The molecule has 5 heteroatoms. The molecule has 0 bridgehead atoms. The summed E-state index contributed by atoms with van der Waals surface area (Å²) < 4.78 is 5.73. The summed E-state index contributed by atoms with van der Waals surface area (Å²) in [6.07, 6.45) is 1.54. The van der Waals surface area contributed by atoms with Crippen LogP contribution in [0.25, 0.3) is 0 Å². The monoisotopic (exact) mass is 322 g/mol. The van der Waals surface area contributed by atoms with Gasteiger partial charge in [-0.2, -0.15) is 5.26 Å². The average molecular weight is 323 g/mol. The number of hydrogen-bond donors (Lipinski definition) is 0. The Hall–Kier alpha value is -1.54. The molecule has 1 aliphatic heterocycles. The fraction of sp³-hybridized carbons (Fsp3) is 0.429. The van der Waals surface area contributed by atoms with Crippen LogP contribution in [0, 0.1) is 17.2 Å². The van der Waals surface area contributed by atoms with Crippen molar-refractivity contribution < 1.29 is 9.53 Å². The van der Waals surface area contributed by atoms with Crippen molar-refractivity contribution in [1.82, 2.24) is 0 Å². The van der Waals surface area contributed by atoms with Crippen LogP contribution in [0.2, 0.25) is 0 Å². The van der Waals surface area contributed by atoms with Gasteiger partial charge in [0.2, 0.25) is 0 Å². The Morgan fingerprint density at radius 3 is 2.74 bits per heavy atom. The number of halogens is 1. The number of ether oxygens (including phenoxy) is 1. The zero-order valence-electron chi connectivity index (χ0n) is 10.7. The quantitative estimate of drug-likeness (QED) is 0.785. The largest absolute Gasteiger partial charge is 0.469 e. The fourth-order valence-electron chi connectivity index (χ4n) is 2.38. The van der Waals surface area contributed by atoms with Crippen LogP contribution in [0.15, 0.2) is 22.7 Å². The molecular formula is C14H15BrN2O2. The first-order valence-electron chi connectivity index (χ1n) is 6.18. The molecule has 100 valence electrons. The number of methoxy groups -OCH3 is 1. The van der Waals surface area contributed by atoms with Gasteiger partial charge in [0.05, 0.1) is 24.3 Å². The van der Waals surface area contributed by atoms with Gasteiger partial charge in [-0.25, -0.2) is 0 Å². The van der Waals surface area contributed by atoms with Crippen molar-refractivity contribution in [3.8, 4) is 6.07 Å². The molecule has 0 aliphatic carbocycles. The van der Waals surface area contributed by atoms with E-state index in [1.54, 1.807) is 0 Å². The lowest BCUT2D eigenvalue weighted by Crippen LogP contribution is -2.37. The van der Waals surface area contributed by atoms with E-state index in [1.807, 2.05) is 18.2 Å². The van der Waals surface area contributed by atoms with Gasteiger partial charge in [-0.3, -0.25) is 4.79 Å². The number of carbonyl (C=O) groups excluding carboxylic acids is 1. The number of hydrogen-bond acceptors (Lipinski definition) is 4. The van der Waals surface area contributed by atoms with Crippen molar-refractivity contribution >= 4 is 27.6 Å². The molecule has 1 aromatic rings. The molecule has 0 spiro atoms. The standard InChI is InChI=1S/C14H15BrN2O2/c1-19-14(18)10-4-6-17(7-5-10)13-8-12(15)3-2-11(13)9-16/h2-3,8,10H,4-7H2,1H3. The Morgan fingerprint density at radius 2 is 2.16 bits per heavy atom. The van der Waals surface area contributed by atoms with Crippen molar-refractivity contribution in [1.29, 1.82) is 5.26 Å². The molecule has 1 aromatic carbocycles. The summed E-state index contributed by atoms with van der Waals surface area (Å²) in [6, 6.07) is 7.84. The summed E-state index contributed by atoms with van der Waals surface area (Å²) in [5.41, 5.74) is 1.60. The molecule has 0 unspecified atom stereocenters. The number of esters is 1. The Labute approximate surface area is 121 Å². The Morgan fingerprint density at radius 1 is 1.47 bits per heavy atom. The maximum absolute atomic E-state index is 11.5. The highest BCUT2D eigenvalue weighted by Gasteiger charge is 2.26. The predicted octanol–water partition coefficient (Wildman–Crippen LogP) is 2.71. The molecular weight excluding hydrogens is 308 g/mol. The third-order valence-corrected chi connectivity index (χ3v) is 3.94. The smallest absolute Gasteiger partial charge is 0.308 e. The van der Waals surface area contributed by atoms with Gasteiger partial charge in [0.15, 0.2) is 0 Å². The zero-order valence-corrected chi connectivity index (χ0v) is 12.3. The second-order valence-corrected chi connectivity index (χ2v) is 5.47. The summed E-state index contributed by atoms with van der Waals surface area (Å²) in [4.78, 5) is 13.6. The number of rotatable bonds is 2. The van der Waals surface area contributed by atoms with Gasteiger partial charge < -0.3 is 9.64 Å². The van der Waals surface area contributed by atoms with Crippen LogP contribution in [-0.2, 0) is 9.53 Å². The molecule has 1 aliphatic rings. The van der Waals surface area contributed by atoms with E-state index in [2.05, 4.69) is 26.9 Å². The average Bonchev–Trinajstić information content (AvgIpc) is 2.46. The van der Waals surface area contributed by atoms with E-state index in [9.17, 15) is 4.79 Å². The van der Waals surface area contributed by atoms with Crippen LogP contribution in [0.1, 0.15) is 18.4 Å². The Kier molecular flexibility index (Phi) is 4.43. The van der Waals surface area contributed by atoms with Crippen molar-refractivity contribution in [3.05, 3.63) is 28.2 Å². The first-order chi connectivity index (χ1) is 9.15. The van der Waals surface area contributed by atoms with E-state index in [1.165, 1.54) is 7.11 Å². The summed E-state index contributed by atoms with van der Waals surface area (Å²) >= 11 is 3.43. The maximum atomic E-state index is 11.5. The zero-order chi connectivity index (χ0) is 13.8. The van der Waals surface area contributed by atoms with Gasteiger partial charge in [0.1, 0.15) is 6.07 Å². The van der Waals surface area contributed by atoms with Crippen LogP contribution in [0.4, 0.5) is 5.69 Å². The number of anilines is 1. The summed E-state index contributed by atoms with van der Waals surface area (Å²) in [7, 11) is 1.43. The number of nitrogens with zero attached hydrogens (tertiary/aromatic N) is 2. The van der Waals surface area contributed by atoms with Crippen molar-refractivity contribution in [2.45, 2.75) is 12.8 Å². The van der Waals surface area contributed by atoms with Crippen molar-refractivity contribution in [3.63, 3.8) is 0 Å². The van der Waals surface area contributed by atoms with E-state index < -0.39 is 0 Å². The number of carbonyl (C=O) groups is 1. The minimum atomic E-state index is -0.130. The van der Waals surface area contributed by atoms with Gasteiger partial charge in [-0.15, -0.1) is 0 Å². The molecule has 1 saturated heterocycles. The minimum Gasteiger partial charge on any atom is -0.469 e. The van der Waals surface area contributed by atoms with Crippen LogP contribution in [0.5, 0.6) is 0 Å². The van der Waals surface area contributed by atoms with E-state index in [-0.39, 0.29) is 11.9 Å². The third-order valence-electron chi connectivity index (χ3n) is 3.45. The lowest BCUT2D eigenvalue weighted by atomic mass is 9.96. The molecule has 19 heavy (non-hydrogen) atoms. The molecule has 0 saturated carbocycles. The van der Waals surface area contributed by atoms with Crippen LogP contribution >= 0.6 is 15.9 Å². The first kappa shape index (κ1) is 13.9. The number of nitriles is 1. The summed E-state index contributed by atoms with van der Waals surface area (Å²) in [5, 5.41) is 9.15. The SMILES string of the molecule is COC(=O)C1CCN(c2cc(Br)ccc2C#N)CC1. The van der Waals surface area contributed by atoms with E-state index in [0.29, 0.717) is 5.56 Å². The molecule has 0 radical (unpaired) electrons. The first-order valence-corrected chi connectivity index (χ1v) is 6.97. The van der Waals surface area contributed by atoms with Crippen LogP contribution < -0.4 is 4.90 Å². The van der Waals surface area contributed by atoms with Gasteiger partial charge in [0.25, 0.3) is 0 Å². The molecule has 1 heterocycles. The van der Waals surface area contributed by atoms with E-state index in [4.69, 9.17) is 10.00 Å². The second kappa shape index (κ2) is 6.07. The van der Waals surface area contributed by atoms with Gasteiger partial charge in [-0.05, 0) is 31.0 Å². The van der Waals surface area contributed by atoms with Gasteiger partial charge >= 0.3 is 5.97 Å². The highest BCUT2D eigenvalue weighted by Crippen LogP contribution is 2.29. The van der Waals surface area contributed by atoms with Crippen LogP contribution in [-0.4, -0.2) is 26.2 Å². The molecule has 0 atom stereocenters. The molecule has 1 fully saturated rings. The maximum Gasteiger partial charge on any atom is 0.308 e.